The van der Waals surface area contributed by atoms with Crippen molar-refractivity contribution in [2.24, 2.45) is 17.8 Å². The van der Waals surface area contributed by atoms with Gasteiger partial charge in [-0.2, -0.15) is 0 Å². The van der Waals surface area contributed by atoms with Crippen molar-refractivity contribution in [2.45, 2.75) is 44.2 Å². The van der Waals surface area contributed by atoms with Gasteiger partial charge in [0.25, 0.3) is 5.91 Å². The number of methoxy groups -OCH3 is 1. The molecule has 0 spiro atoms. The number of carbonyl (C=O) groups is 4. The molecular formula is C25H30N4O5. The van der Waals surface area contributed by atoms with E-state index in [0.29, 0.717) is 37.2 Å². The van der Waals surface area contributed by atoms with Gasteiger partial charge in [0.15, 0.2) is 0 Å². The maximum Gasteiger partial charge on any atom is 0.271 e. The van der Waals surface area contributed by atoms with Crippen LogP contribution in [-0.2, 0) is 14.4 Å². The lowest BCUT2D eigenvalue weighted by atomic mass is 9.92. The molecule has 3 amide bonds. The van der Waals surface area contributed by atoms with Crippen molar-refractivity contribution in [3.63, 3.8) is 0 Å². The molecule has 1 aromatic heterocycles. The van der Waals surface area contributed by atoms with Gasteiger partial charge in [0.05, 0.1) is 13.2 Å². The van der Waals surface area contributed by atoms with Gasteiger partial charge in [-0.15, -0.1) is 0 Å². The molecule has 5 rings (SSSR count). The van der Waals surface area contributed by atoms with Crippen LogP contribution in [0.15, 0.2) is 24.3 Å². The zero-order chi connectivity index (χ0) is 23.8. The molecule has 3 heterocycles. The number of likely N-dealkylation sites (tertiary alicyclic amines) is 1. The molecule has 1 aliphatic carbocycles. The van der Waals surface area contributed by atoms with E-state index in [4.69, 9.17) is 4.74 Å². The van der Waals surface area contributed by atoms with Crippen molar-refractivity contribution in [1.29, 1.82) is 0 Å². The van der Waals surface area contributed by atoms with E-state index in [-0.39, 0.29) is 41.9 Å². The van der Waals surface area contributed by atoms with Gasteiger partial charge in [-0.3, -0.25) is 14.4 Å². The average Bonchev–Trinajstić information content (AvgIpc) is 3.61. The largest absolute Gasteiger partial charge is 0.496 e. The van der Waals surface area contributed by atoms with Crippen molar-refractivity contribution in [1.82, 2.24) is 20.5 Å². The van der Waals surface area contributed by atoms with Crippen LogP contribution >= 0.6 is 0 Å². The third-order valence-corrected chi connectivity index (χ3v) is 7.69. The highest BCUT2D eigenvalue weighted by molar-refractivity contribution is 6.02. The highest BCUT2D eigenvalue weighted by atomic mass is 16.5. The molecule has 9 heteroatoms. The molecule has 5 atom stereocenters. The number of aromatic nitrogens is 1. The zero-order valence-electron chi connectivity index (χ0n) is 19.2. The molecule has 1 saturated carbocycles. The highest BCUT2D eigenvalue weighted by Crippen LogP contribution is 2.43. The summed E-state index contributed by atoms with van der Waals surface area (Å²) < 4.78 is 5.41. The average molecular weight is 467 g/mol. The lowest BCUT2D eigenvalue weighted by molar-refractivity contribution is -0.129. The number of aldehydes is 1. The fraction of sp³-hybridized carbons (Fsp3) is 0.520. The van der Waals surface area contributed by atoms with Crippen molar-refractivity contribution in [2.75, 3.05) is 20.2 Å². The summed E-state index contributed by atoms with van der Waals surface area (Å²) in [6.45, 7) is 1.11. The Morgan fingerprint density at radius 1 is 1.29 bits per heavy atom. The Kier molecular flexibility index (Phi) is 6.02. The SMILES string of the molecule is COc1cccc2[nH]c(C(=O)N3CC4CCCC4C3C(=O)N[C@H](C=O)C[C@@H]3CCNC3=O)cc12. The van der Waals surface area contributed by atoms with E-state index < -0.39 is 12.1 Å². The van der Waals surface area contributed by atoms with Crippen LogP contribution in [0.3, 0.4) is 0 Å². The molecule has 3 aliphatic rings. The molecule has 1 aromatic carbocycles. The number of hydrogen-bond acceptors (Lipinski definition) is 5. The Morgan fingerprint density at radius 2 is 2.15 bits per heavy atom. The molecule has 180 valence electrons. The first-order valence-electron chi connectivity index (χ1n) is 12.0. The summed E-state index contributed by atoms with van der Waals surface area (Å²) in [6.07, 6.45) is 4.52. The maximum absolute atomic E-state index is 13.6. The van der Waals surface area contributed by atoms with E-state index in [0.717, 1.165) is 30.2 Å². The van der Waals surface area contributed by atoms with Gasteiger partial charge in [-0.05, 0) is 55.7 Å². The summed E-state index contributed by atoms with van der Waals surface area (Å²) in [7, 11) is 1.59. The molecule has 2 aliphatic heterocycles. The predicted molar refractivity (Wildman–Crippen MR) is 124 cm³/mol. The number of nitrogens with zero attached hydrogens (tertiary/aromatic N) is 1. The Hall–Kier alpha value is -3.36. The third kappa shape index (κ3) is 3.93. The normalized spacial score (nSPS) is 26.9. The summed E-state index contributed by atoms with van der Waals surface area (Å²) in [5, 5.41) is 6.41. The Bertz CT molecular complexity index is 1130. The van der Waals surface area contributed by atoms with Crippen molar-refractivity contribution in [3.05, 3.63) is 30.0 Å². The Balaban J connectivity index is 1.37. The van der Waals surface area contributed by atoms with Gasteiger partial charge in [0.1, 0.15) is 23.8 Å². The first kappa shape index (κ1) is 22.4. The van der Waals surface area contributed by atoms with Gasteiger partial charge in [-0.1, -0.05) is 12.5 Å². The van der Waals surface area contributed by atoms with Gasteiger partial charge in [0.2, 0.25) is 11.8 Å². The number of H-pyrrole nitrogens is 1. The van der Waals surface area contributed by atoms with Crippen LogP contribution in [-0.4, -0.2) is 66.2 Å². The zero-order valence-corrected chi connectivity index (χ0v) is 19.2. The topological polar surface area (TPSA) is 121 Å². The molecule has 3 fully saturated rings. The van der Waals surface area contributed by atoms with E-state index >= 15 is 0 Å². The number of amides is 3. The molecule has 9 nitrogen and oxygen atoms in total. The van der Waals surface area contributed by atoms with Crippen LogP contribution in [0, 0.1) is 17.8 Å². The summed E-state index contributed by atoms with van der Waals surface area (Å²) in [6, 6.07) is 5.96. The second-order valence-corrected chi connectivity index (χ2v) is 9.63. The molecule has 0 bridgehead atoms. The molecule has 0 radical (unpaired) electrons. The highest BCUT2D eigenvalue weighted by Gasteiger charge is 2.50. The second-order valence-electron chi connectivity index (χ2n) is 9.63. The fourth-order valence-corrected chi connectivity index (χ4v) is 6.02. The van der Waals surface area contributed by atoms with E-state index in [1.54, 1.807) is 18.1 Å². The van der Waals surface area contributed by atoms with E-state index in [2.05, 4.69) is 15.6 Å². The van der Waals surface area contributed by atoms with Gasteiger partial charge >= 0.3 is 0 Å². The second kappa shape index (κ2) is 9.12. The molecular weight excluding hydrogens is 436 g/mol. The van der Waals surface area contributed by atoms with Crippen LogP contribution in [0.5, 0.6) is 5.75 Å². The van der Waals surface area contributed by atoms with Crippen LogP contribution < -0.4 is 15.4 Å². The number of aromatic amines is 1. The monoisotopic (exact) mass is 466 g/mol. The Morgan fingerprint density at radius 3 is 2.88 bits per heavy atom. The number of fused-ring (bicyclic) bond motifs is 2. The fourth-order valence-electron chi connectivity index (χ4n) is 6.02. The van der Waals surface area contributed by atoms with Crippen LogP contribution in [0.25, 0.3) is 10.9 Å². The van der Waals surface area contributed by atoms with Crippen molar-refractivity contribution >= 4 is 34.9 Å². The minimum atomic E-state index is -0.754. The molecule has 34 heavy (non-hydrogen) atoms. The summed E-state index contributed by atoms with van der Waals surface area (Å²) in [5.41, 5.74) is 1.20. The van der Waals surface area contributed by atoms with E-state index in [9.17, 15) is 19.2 Å². The number of nitrogens with one attached hydrogen (secondary N) is 3. The van der Waals surface area contributed by atoms with E-state index in [1.807, 2.05) is 18.2 Å². The predicted octanol–water partition coefficient (Wildman–Crippen LogP) is 1.63. The summed E-state index contributed by atoms with van der Waals surface area (Å²) >= 11 is 0. The number of rotatable bonds is 7. The third-order valence-electron chi connectivity index (χ3n) is 7.69. The van der Waals surface area contributed by atoms with E-state index in [1.165, 1.54) is 0 Å². The van der Waals surface area contributed by atoms with Crippen molar-refractivity contribution in [3.8, 4) is 5.75 Å². The minimum Gasteiger partial charge on any atom is -0.496 e. The minimum absolute atomic E-state index is 0.0740. The van der Waals surface area contributed by atoms with Gasteiger partial charge in [-0.25, -0.2) is 0 Å². The summed E-state index contributed by atoms with van der Waals surface area (Å²) in [5.74, 6) is 0.114. The van der Waals surface area contributed by atoms with Crippen molar-refractivity contribution < 1.29 is 23.9 Å². The number of ether oxygens (including phenoxy) is 1. The molecule has 3 N–H and O–H groups in total. The molecule has 3 unspecified atom stereocenters. The first-order chi connectivity index (χ1) is 16.5. The quantitative estimate of drug-likeness (QED) is 0.536. The number of hydrogen-bond donors (Lipinski definition) is 3. The van der Waals surface area contributed by atoms with Crippen LogP contribution in [0.4, 0.5) is 0 Å². The maximum atomic E-state index is 13.6. The summed E-state index contributed by atoms with van der Waals surface area (Å²) in [4.78, 5) is 55.5. The lowest BCUT2D eigenvalue weighted by Crippen LogP contribution is -2.52. The van der Waals surface area contributed by atoms with Gasteiger partial charge in [0, 0.05) is 29.9 Å². The number of carbonyl (C=O) groups excluding carboxylic acids is 4. The first-order valence-corrected chi connectivity index (χ1v) is 12.0. The number of benzene rings is 1. The Labute approximate surface area is 197 Å². The molecule has 2 saturated heterocycles. The standard InChI is InChI=1S/C25H30N4O5/c1-34-21-7-3-6-19-18(21)11-20(28-19)25(33)29-12-15-4-2-5-17(15)22(29)24(32)27-16(13-30)10-14-8-9-26-23(14)31/h3,6-7,11,13-17,22,28H,2,4-5,8-10,12H2,1H3,(H,26,31)(H,27,32)/t14-,15?,16-,17?,22?/m0/s1. The van der Waals surface area contributed by atoms with Gasteiger partial charge < -0.3 is 30.0 Å². The molecule has 2 aromatic rings. The lowest BCUT2D eigenvalue weighted by Gasteiger charge is -2.28. The van der Waals surface area contributed by atoms with Crippen LogP contribution in [0.2, 0.25) is 0 Å². The van der Waals surface area contributed by atoms with Crippen LogP contribution in [0.1, 0.15) is 42.6 Å². The smallest absolute Gasteiger partial charge is 0.271 e.